The van der Waals surface area contributed by atoms with Gasteiger partial charge in [-0.3, -0.25) is 0 Å². The maximum Gasteiger partial charge on any atom is 0.407 e. The molecule has 0 aromatic rings. The Kier molecular flexibility index (Phi) is 5.76. The molecule has 5 atom stereocenters. The predicted octanol–water partition coefficient (Wildman–Crippen LogP) is -1.81. The van der Waals surface area contributed by atoms with E-state index in [9.17, 15) is 15.0 Å². The normalized spacial score (nSPS) is 36.2. The van der Waals surface area contributed by atoms with Gasteiger partial charge in [0, 0.05) is 7.11 Å². The zero-order chi connectivity index (χ0) is 13.7. The molecular formula is C10H19NO7. The van der Waals surface area contributed by atoms with E-state index >= 15 is 0 Å². The number of rotatable bonds is 4. The van der Waals surface area contributed by atoms with Crippen LogP contribution in [0.3, 0.4) is 0 Å². The molecule has 1 heterocycles. The van der Waals surface area contributed by atoms with Gasteiger partial charge >= 0.3 is 6.09 Å². The van der Waals surface area contributed by atoms with Gasteiger partial charge in [0.1, 0.15) is 24.4 Å². The molecule has 0 aliphatic carbocycles. The maximum absolute atomic E-state index is 11.3. The van der Waals surface area contributed by atoms with Crippen molar-refractivity contribution >= 4 is 6.09 Å². The Morgan fingerprint density at radius 3 is 2.56 bits per heavy atom. The van der Waals surface area contributed by atoms with Crippen LogP contribution in [0, 0.1) is 0 Å². The molecule has 1 aliphatic rings. The average molecular weight is 265 g/mol. The van der Waals surface area contributed by atoms with E-state index in [1.54, 1.807) is 6.92 Å². The third kappa shape index (κ3) is 3.30. The van der Waals surface area contributed by atoms with E-state index in [4.69, 9.17) is 14.6 Å². The van der Waals surface area contributed by atoms with Crippen molar-refractivity contribution in [2.45, 2.75) is 37.6 Å². The van der Waals surface area contributed by atoms with Crippen molar-refractivity contribution < 1.29 is 34.3 Å². The molecule has 0 saturated carbocycles. The molecule has 8 heteroatoms. The molecule has 0 bridgehead atoms. The first-order chi connectivity index (χ1) is 8.54. The first-order valence-electron chi connectivity index (χ1n) is 5.63. The second-order valence-corrected chi connectivity index (χ2v) is 3.83. The summed E-state index contributed by atoms with van der Waals surface area (Å²) in [4.78, 5) is 11.3. The Morgan fingerprint density at radius 1 is 1.39 bits per heavy atom. The van der Waals surface area contributed by atoms with Crippen LogP contribution in [0.15, 0.2) is 0 Å². The SMILES string of the molecule is CCOC(=O)N[C@H]1[C@@H](OC)O[C@@H](CO)[C@@H](O)[C@@H]1O. The van der Waals surface area contributed by atoms with Gasteiger partial charge in [-0.25, -0.2) is 4.79 Å². The molecule has 106 valence electrons. The second-order valence-electron chi connectivity index (χ2n) is 3.83. The van der Waals surface area contributed by atoms with Crippen molar-refractivity contribution in [3.05, 3.63) is 0 Å². The van der Waals surface area contributed by atoms with E-state index in [-0.39, 0.29) is 6.61 Å². The number of hydrogen-bond donors (Lipinski definition) is 4. The smallest absolute Gasteiger partial charge is 0.407 e. The van der Waals surface area contributed by atoms with E-state index in [1.807, 2.05) is 0 Å². The van der Waals surface area contributed by atoms with Gasteiger partial charge in [0.25, 0.3) is 0 Å². The standard InChI is InChI=1S/C10H19NO7/c1-3-17-10(15)11-6-8(14)7(13)5(4-12)18-9(6)16-2/h5-9,12-14H,3-4H2,1-2H3,(H,11,15)/t5-,6+,7+,8+,9-/m0/s1. The quantitative estimate of drug-likeness (QED) is 0.473. The second kappa shape index (κ2) is 6.86. The van der Waals surface area contributed by atoms with Gasteiger partial charge in [0.15, 0.2) is 6.29 Å². The van der Waals surface area contributed by atoms with Crippen molar-refractivity contribution in [1.82, 2.24) is 5.32 Å². The summed E-state index contributed by atoms with van der Waals surface area (Å²) < 4.78 is 14.8. The minimum atomic E-state index is -1.33. The summed E-state index contributed by atoms with van der Waals surface area (Å²) in [7, 11) is 1.32. The minimum Gasteiger partial charge on any atom is -0.450 e. The van der Waals surface area contributed by atoms with Gasteiger partial charge in [-0.15, -0.1) is 0 Å². The summed E-state index contributed by atoms with van der Waals surface area (Å²) in [6.07, 6.45) is -5.35. The van der Waals surface area contributed by atoms with Crippen LogP contribution in [-0.4, -0.2) is 72.4 Å². The summed E-state index contributed by atoms with van der Waals surface area (Å²) in [5.41, 5.74) is 0. The molecule has 1 fully saturated rings. The third-order valence-corrected chi connectivity index (χ3v) is 2.67. The predicted molar refractivity (Wildman–Crippen MR) is 58.7 cm³/mol. The largest absolute Gasteiger partial charge is 0.450 e. The first kappa shape index (κ1) is 15.1. The van der Waals surface area contributed by atoms with Crippen LogP contribution in [0.25, 0.3) is 0 Å². The molecule has 0 unspecified atom stereocenters. The highest BCUT2D eigenvalue weighted by molar-refractivity contribution is 5.67. The lowest BCUT2D eigenvalue weighted by Gasteiger charge is -2.41. The molecule has 0 aromatic heterocycles. The zero-order valence-corrected chi connectivity index (χ0v) is 10.3. The average Bonchev–Trinajstić information content (AvgIpc) is 2.36. The lowest BCUT2D eigenvalue weighted by Crippen LogP contribution is -2.64. The van der Waals surface area contributed by atoms with Crippen LogP contribution in [-0.2, 0) is 14.2 Å². The molecule has 1 rings (SSSR count). The molecular weight excluding hydrogens is 246 g/mol. The number of hydrogen-bond acceptors (Lipinski definition) is 7. The maximum atomic E-state index is 11.3. The van der Waals surface area contributed by atoms with Gasteiger partial charge in [-0.05, 0) is 6.92 Å². The summed E-state index contributed by atoms with van der Waals surface area (Å²) in [5.74, 6) is 0. The van der Waals surface area contributed by atoms with Crippen LogP contribution >= 0.6 is 0 Å². The molecule has 18 heavy (non-hydrogen) atoms. The summed E-state index contributed by atoms with van der Waals surface area (Å²) in [6, 6.07) is -0.980. The van der Waals surface area contributed by atoms with Crippen molar-refractivity contribution in [3.8, 4) is 0 Å². The van der Waals surface area contributed by atoms with Crippen LogP contribution in [0.2, 0.25) is 0 Å². The Labute approximate surface area is 104 Å². The minimum absolute atomic E-state index is 0.176. The molecule has 8 nitrogen and oxygen atoms in total. The first-order valence-corrected chi connectivity index (χ1v) is 5.63. The van der Waals surface area contributed by atoms with Gasteiger partial charge in [-0.1, -0.05) is 0 Å². The Balaban J connectivity index is 2.71. The van der Waals surface area contributed by atoms with Crippen LogP contribution in [0.5, 0.6) is 0 Å². The molecule has 1 amide bonds. The molecule has 4 N–H and O–H groups in total. The number of carbonyl (C=O) groups is 1. The number of aliphatic hydroxyl groups excluding tert-OH is 3. The van der Waals surface area contributed by atoms with Crippen molar-refractivity contribution in [2.75, 3.05) is 20.3 Å². The Morgan fingerprint density at radius 2 is 2.06 bits per heavy atom. The molecule has 0 radical (unpaired) electrons. The highest BCUT2D eigenvalue weighted by Gasteiger charge is 2.45. The summed E-state index contributed by atoms with van der Waals surface area (Å²) in [6.45, 7) is 1.34. The van der Waals surface area contributed by atoms with Gasteiger partial charge in [-0.2, -0.15) is 0 Å². The summed E-state index contributed by atoms with van der Waals surface area (Å²) in [5, 5.41) is 30.9. The zero-order valence-electron chi connectivity index (χ0n) is 10.3. The van der Waals surface area contributed by atoms with E-state index < -0.39 is 43.3 Å². The van der Waals surface area contributed by atoms with Crippen LogP contribution in [0.1, 0.15) is 6.92 Å². The van der Waals surface area contributed by atoms with Crippen molar-refractivity contribution in [1.29, 1.82) is 0 Å². The van der Waals surface area contributed by atoms with E-state index in [1.165, 1.54) is 7.11 Å². The summed E-state index contributed by atoms with van der Waals surface area (Å²) >= 11 is 0. The fraction of sp³-hybridized carbons (Fsp3) is 0.900. The monoisotopic (exact) mass is 265 g/mol. The highest BCUT2D eigenvalue weighted by atomic mass is 16.7. The number of aliphatic hydroxyl groups is 3. The Hall–Kier alpha value is -0.930. The van der Waals surface area contributed by atoms with E-state index in [0.717, 1.165) is 0 Å². The highest BCUT2D eigenvalue weighted by Crippen LogP contribution is 2.21. The molecule has 0 spiro atoms. The molecule has 1 saturated heterocycles. The fourth-order valence-electron chi connectivity index (χ4n) is 1.75. The number of amides is 1. The van der Waals surface area contributed by atoms with Crippen LogP contribution < -0.4 is 5.32 Å². The fourth-order valence-corrected chi connectivity index (χ4v) is 1.75. The van der Waals surface area contributed by atoms with Gasteiger partial charge in [0.2, 0.25) is 0 Å². The number of ether oxygens (including phenoxy) is 3. The number of alkyl carbamates (subject to hydrolysis) is 1. The van der Waals surface area contributed by atoms with Gasteiger partial charge in [0.05, 0.1) is 13.2 Å². The van der Waals surface area contributed by atoms with Crippen molar-refractivity contribution in [2.24, 2.45) is 0 Å². The lowest BCUT2D eigenvalue weighted by molar-refractivity contribution is -0.262. The Bertz CT molecular complexity index is 273. The topological polar surface area (TPSA) is 117 Å². The lowest BCUT2D eigenvalue weighted by atomic mass is 9.97. The molecule has 0 aromatic carbocycles. The van der Waals surface area contributed by atoms with E-state index in [2.05, 4.69) is 10.1 Å². The van der Waals surface area contributed by atoms with Crippen LogP contribution in [0.4, 0.5) is 4.79 Å². The third-order valence-electron chi connectivity index (χ3n) is 2.67. The number of carbonyl (C=O) groups excluding carboxylic acids is 1. The number of nitrogens with one attached hydrogen (secondary N) is 1. The van der Waals surface area contributed by atoms with E-state index in [0.29, 0.717) is 0 Å². The molecule has 1 aliphatic heterocycles. The van der Waals surface area contributed by atoms with Gasteiger partial charge < -0.3 is 34.8 Å². The van der Waals surface area contributed by atoms with Crippen molar-refractivity contribution in [3.63, 3.8) is 0 Å². The number of methoxy groups -OCH3 is 1.